The van der Waals surface area contributed by atoms with Gasteiger partial charge in [-0.25, -0.2) is 10.6 Å². The molecule has 2 aromatic rings. The van der Waals surface area contributed by atoms with Crippen molar-refractivity contribution in [3.8, 4) is 22.5 Å². The molecule has 224 valence electrons. The number of nitrogens with two attached hydrogens (primary N) is 2. The Morgan fingerprint density at radius 2 is 1.72 bits per heavy atom. The number of carbonyl (C=O) groups is 4. The highest BCUT2D eigenvalue weighted by molar-refractivity contribution is 7.86. The Bertz CT molecular complexity index is 1970. The van der Waals surface area contributed by atoms with Crippen molar-refractivity contribution in [3.05, 3.63) is 64.5 Å². The van der Waals surface area contributed by atoms with Crippen molar-refractivity contribution in [1.29, 1.82) is 5.41 Å². The van der Waals surface area contributed by atoms with Gasteiger partial charge in [0.15, 0.2) is 10.5 Å². The van der Waals surface area contributed by atoms with Crippen molar-refractivity contribution in [1.82, 2.24) is 10.7 Å². The minimum Gasteiger partial charge on any atom is -0.481 e. The fraction of sp³-hybridized carbons (Fsp3) is 0.148. The first-order valence-corrected chi connectivity index (χ1v) is 13.8. The fourth-order valence-electron chi connectivity index (χ4n) is 4.66. The lowest BCUT2D eigenvalue weighted by Crippen LogP contribution is -2.49. The van der Waals surface area contributed by atoms with Crippen LogP contribution in [-0.4, -0.2) is 53.0 Å². The molecule has 0 radical (unpaired) electrons. The molecule has 1 atom stereocenters. The molecule has 0 saturated heterocycles. The highest BCUT2D eigenvalue weighted by atomic mass is 32.2. The van der Waals surface area contributed by atoms with Crippen LogP contribution in [0.5, 0.6) is 0 Å². The molecule has 2 amide bonds. The number of anilines is 1. The lowest BCUT2D eigenvalue weighted by Gasteiger charge is -2.20. The zero-order valence-electron chi connectivity index (χ0n) is 22.3. The molecule has 2 aromatic carbocycles. The SMILES string of the molecule is Cc1c2oc3c(S(=O)(=O)O)c(N)ccc3c(-c3ccc(C(=O)NC(CCC(=O)O)C(=O)NN)cc3C(=O)O)c-2ccc1=N. The number of carboxylic acids is 2. The molecule has 2 aliphatic rings. The Morgan fingerprint density at radius 3 is 2.33 bits per heavy atom. The summed E-state index contributed by atoms with van der Waals surface area (Å²) in [5.41, 5.74) is 7.10. The molecule has 0 saturated carbocycles. The molecule has 1 heterocycles. The normalized spacial score (nSPS) is 12.2. The number of nitrogen functional groups attached to an aromatic ring is 1. The van der Waals surface area contributed by atoms with E-state index in [1.807, 2.05) is 5.43 Å². The van der Waals surface area contributed by atoms with E-state index in [2.05, 4.69) is 5.32 Å². The summed E-state index contributed by atoms with van der Waals surface area (Å²) >= 11 is 0. The van der Waals surface area contributed by atoms with E-state index in [4.69, 9.17) is 26.5 Å². The summed E-state index contributed by atoms with van der Waals surface area (Å²) in [4.78, 5) is 47.9. The number of hydrogen-bond acceptors (Lipinski definition) is 10. The number of rotatable bonds is 9. The first-order valence-electron chi connectivity index (χ1n) is 12.4. The van der Waals surface area contributed by atoms with Crippen LogP contribution in [0.15, 0.2) is 51.8 Å². The van der Waals surface area contributed by atoms with Gasteiger partial charge in [0.25, 0.3) is 21.9 Å². The Kier molecular flexibility index (Phi) is 8.20. The zero-order chi connectivity index (χ0) is 31.8. The van der Waals surface area contributed by atoms with Crippen molar-refractivity contribution in [2.24, 2.45) is 5.84 Å². The van der Waals surface area contributed by atoms with E-state index < -0.39 is 56.8 Å². The molecular formula is C27H25N5O10S. The van der Waals surface area contributed by atoms with E-state index in [0.717, 1.165) is 6.07 Å². The number of carboxylic acid groups (broad SMARTS) is 2. The Balaban J connectivity index is 1.98. The summed E-state index contributed by atoms with van der Waals surface area (Å²) in [5, 5.41) is 29.7. The first-order chi connectivity index (χ1) is 20.1. The van der Waals surface area contributed by atoms with Gasteiger partial charge >= 0.3 is 11.9 Å². The smallest absolute Gasteiger partial charge is 0.336 e. The van der Waals surface area contributed by atoms with Gasteiger partial charge < -0.3 is 31.1 Å². The molecule has 43 heavy (non-hydrogen) atoms. The fourth-order valence-corrected chi connectivity index (χ4v) is 5.41. The molecule has 10 N–H and O–H groups in total. The van der Waals surface area contributed by atoms with Crippen LogP contribution >= 0.6 is 0 Å². The van der Waals surface area contributed by atoms with Crippen molar-refractivity contribution in [3.63, 3.8) is 0 Å². The molecule has 16 heteroatoms. The van der Waals surface area contributed by atoms with E-state index in [-0.39, 0.29) is 56.4 Å². The van der Waals surface area contributed by atoms with Crippen molar-refractivity contribution >= 4 is 50.5 Å². The van der Waals surface area contributed by atoms with Crippen LogP contribution in [0.25, 0.3) is 33.4 Å². The lowest BCUT2D eigenvalue weighted by molar-refractivity contribution is -0.137. The van der Waals surface area contributed by atoms with Gasteiger partial charge in [-0.1, -0.05) is 6.07 Å². The summed E-state index contributed by atoms with van der Waals surface area (Å²) < 4.78 is 40.5. The number of aromatic carboxylic acids is 1. The van der Waals surface area contributed by atoms with Crippen LogP contribution in [-0.2, 0) is 19.7 Å². The maximum absolute atomic E-state index is 13.0. The van der Waals surface area contributed by atoms with Gasteiger partial charge in [0.2, 0.25) is 0 Å². The summed E-state index contributed by atoms with van der Waals surface area (Å²) in [6.45, 7) is 1.53. The molecule has 0 bridgehead atoms. The van der Waals surface area contributed by atoms with Gasteiger partial charge in [-0.2, -0.15) is 8.42 Å². The molecule has 1 aliphatic carbocycles. The number of carbonyl (C=O) groups excluding carboxylic acids is 2. The minimum absolute atomic E-state index is 0.0140. The van der Waals surface area contributed by atoms with Gasteiger partial charge in [-0.15, -0.1) is 0 Å². The van der Waals surface area contributed by atoms with Gasteiger partial charge in [0.05, 0.1) is 16.6 Å². The van der Waals surface area contributed by atoms with E-state index in [9.17, 15) is 37.3 Å². The second-order valence-corrected chi connectivity index (χ2v) is 10.8. The van der Waals surface area contributed by atoms with Crippen LogP contribution in [0, 0.1) is 12.3 Å². The van der Waals surface area contributed by atoms with Crippen LogP contribution in [0.1, 0.15) is 39.1 Å². The van der Waals surface area contributed by atoms with Gasteiger partial charge in [0.1, 0.15) is 11.8 Å². The standard InChI is InChI=1S/C27H25N5O10S/c1-11-17(28)6-4-14-21(15-5-7-18(29)24(43(39,40)41)23(15)42-22(11)14)13-3-2-12(10-16(13)27(37)38)25(35)31-19(26(36)32-30)8-9-20(33)34/h2-7,10,19,28H,8-9,29-30H2,1H3,(H,31,35)(H,32,36)(H,33,34)(H,37,38)(H,39,40,41). The third-order valence-corrected chi connectivity index (χ3v) is 7.68. The Labute approximate surface area is 242 Å². The second-order valence-electron chi connectivity index (χ2n) is 9.46. The number of fused-ring (bicyclic) bond motifs is 2. The molecule has 1 aliphatic heterocycles. The van der Waals surface area contributed by atoms with E-state index >= 15 is 0 Å². The minimum atomic E-state index is -4.94. The van der Waals surface area contributed by atoms with Crippen LogP contribution in [0.4, 0.5) is 5.69 Å². The number of nitrogens with one attached hydrogen (secondary N) is 3. The number of aliphatic carboxylic acids is 1. The van der Waals surface area contributed by atoms with Crippen molar-refractivity contribution < 1.29 is 46.8 Å². The Hall–Kier alpha value is -5.32. The van der Waals surface area contributed by atoms with Crippen LogP contribution < -0.4 is 27.7 Å². The molecule has 1 unspecified atom stereocenters. The number of hydrogen-bond donors (Lipinski definition) is 8. The zero-order valence-corrected chi connectivity index (χ0v) is 23.1. The monoisotopic (exact) mass is 611 g/mol. The van der Waals surface area contributed by atoms with Gasteiger partial charge in [-0.3, -0.25) is 24.4 Å². The quantitative estimate of drug-likeness (QED) is 0.0334. The maximum atomic E-state index is 13.0. The topological polar surface area (TPSA) is 276 Å². The molecule has 0 fully saturated rings. The maximum Gasteiger partial charge on any atom is 0.336 e. The van der Waals surface area contributed by atoms with Crippen LogP contribution in [0.2, 0.25) is 0 Å². The number of hydrazine groups is 1. The third-order valence-electron chi connectivity index (χ3n) is 6.74. The predicted molar refractivity (Wildman–Crippen MR) is 151 cm³/mol. The number of amides is 2. The average molecular weight is 612 g/mol. The lowest BCUT2D eigenvalue weighted by atomic mass is 9.88. The highest BCUT2D eigenvalue weighted by Crippen LogP contribution is 2.45. The average Bonchev–Trinajstić information content (AvgIpc) is 2.94. The molecule has 15 nitrogen and oxygen atoms in total. The summed E-state index contributed by atoms with van der Waals surface area (Å²) in [6, 6.07) is 7.72. The molecule has 0 spiro atoms. The third kappa shape index (κ3) is 5.87. The summed E-state index contributed by atoms with van der Waals surface area (Å²) in [7, 11) is -4.94. The van der Waals surface area contributed by atoms with Crippen molar-refractivity contribution in [2.75, 3.05) is 5.73 Å². The summed E-state index contributed by atoms with van der Waals surface area (Å²) in [6.07, 6.45) is -0.761. The molecule has 0 aromatic heterocycles. The predicted octanol–water partition coefficient (Wildman–Crippen LogP) is 1.47. The molecular weight excluding hydrogens is 586 g/mol. The Morgan fingerprint density at radius 1 is 1.05 bits per heavy atom. The number of benzene rings is 3. The van der Waals surface area contributed by atoms with E-state index in [1.54, 1.807) is 0 Å². The second kappa shape index (κ2) is 11.5. The van der Waals surface area contributed by atoms with Gasteiger partial charge in [0, 0.05) is 34.1 Å². The van der Waals surface area contributed by atoms with Crippen molar-refractivity contribution in [2.45, 2.75) is 30.7 Å². The summed E-state index contributed by atoms with van der Waals surface area (Å²) in [5.74, 6) is 0.702. The largest absolute Gasteiger partial charge is 0.481 e. The molecule has 4 rings (SSSR count). The van der Waals surface area contributed by atoms with E-state index in [0.29, 0.717) is 5.56 Å². The van der Waals surface area contributed by atoms with E-state index in [1.165, 1.54) is 43.3 Å². The first kappa shape index (κ1) is 30.6. The van der Waals surface area contributed by atoms with Gasteiger partial charge in [-0.05, 0) is 55.3 Å². The highest BCUT2D eigenvalue weighted by Gasteiger charge is 2.29. The van der Waals surface area contributed by atoms with Crippen LogP contribution in [0.3, 0.4) is 0 Å².